The third-order valence-corrected chi connectivity index (χ3v) is 12.8. The van der Waals surface area contributed by atoms with Gasteiger partial charge in [-0.25, -0.2) is 0 Å². The lowest BCUT2D eigenvalue weighted by molar-refractivity contribution is 0.922. The van der Waals surface area contributed by atoms with Gasteiger partial charge in [0.25, 0.3) is 0 Å². The van der Waals surface area contributed by atoms with Crippen LogP contribution in [0.2, 0.25) is 0 Å². The Balaban J connectivity index is 1.19. The molecule has 0 heterocycles. The van der Waals surface area contributed by atoms with Crippen LogP contribution in [-0.4, -0.2) is 0 Å². The Morgan fingerprint density at radius 3 is 0.686 bits per heavy atom. The summed E-state index contributed by atoms with van der Waals surface area (Å²) < 4.78 is 0. The Morgan fingerprint density at radius 1 is 0.229 bits per heavy atom. The second kappa shape index (κ2) is 22.7. The van der Waals surface area contributed by atoms with Crippen LogP contribution in [0.3, 0.4) is 0 Å². The fraction of sp³-hybridized carbons (Fsp3) is 0.171. The first-order valence-electron chi connectivity index (χ1n) is 25.1. The molecule has 0 heteroatoms. The minimum Gasteiger partial charge on any atom is -0.0651 e. The summed E-state index contributed by atoms with van der Waals surface area (Å²) in [5.41, 5.74) is 17.9. The molecule has 9 aromatic carbocycles. The van der Waals surface area contributed by atoms with Gasteiger partial charge >= 0.3 is 0 Å². The lowest BCUT2D eigenvalue weighted by Gasteiger charge is -2.19. The van der Waals surface area contributed by atoms with Crippen LogP contribution >= 0.6 is 0 Å². The van der Waals surface area contributed by atoms with E-state index < -0.39 is 0 Å². The van der Waals surface area contributed by atoms with Gasteiger partial charge in [-0.15, -0.1) is 0 Å². The highest BCUT2D eigenvalue weighted by atomic mass is 14.2. The van der Waals surface area contributed by atoms with Crippen molar-refractivity contribution >= 4 is 21.5 Å². The van der Waals surface area contributed by atoms with Crippen molar-refractivity contribution in [2.75, 3.05) is 0 Å². The molecule has 0 atom stereocenters. The molecule has 0 nitrogen and oxygen atoms in total. The first kappa shape index (κ1) is 46.8. The Hall–Kier alpha value is -8.26. The molecular weight excluding hydrogens is 841 g/mol. The molecule has 0 aromatic heterocycles. The predicted molar refractivity (Wildman–Crippen MR) is 298 cm³/mol. The summed E-state index contributed by atoms with van der Waals surface area (Å²) in [6, 6.07) is 65.6. The molecule has 0 spiro atoms. The van der Waals surface area contributed by atoms with Crippen molar-refractivity contribution in [3.8, 4) is 69.6 Å². The molecule has 0 aliphatic rings. The monoisotopic (exact) mass is 898 g/mol. The maximum atomic E-state index is 3.53. The normalized spacial score (nSPS) is 10.6. The SMILES string of the molecule is CCCc1ccc(C#Cc2ccc(-c3c(-c4ccc(C#Cc5ccc(CCC)cc5)cc4)c4ccc(C#Cc5ccc(CCC)cc5)cc4c4cc(C#Cc5ccc(CCC)cc5)ccc34)cc2)cc1. The number of benzene rings is 9. The standard InChI is InChI=1S/C70H58/c1-5-9-51-13-21-55(22-14-51)29-31-59-37-43-63(44-38-59)69-65-47-41-61(35-33-57-25-17-53(11-7-3)18-26-57)49-67(65)68-50-62(36-34-58-27-19-54(12-8-4)20-28-58)42-48-66(68)70(69)64-45-39-60(40-46-64)32-30-56-23-15-52(10-6-2)16-24-56/h13-28,37-50H,5-12H2,1-4H3. The summed E-state index contributed by atoms with van der Waals surface area (Å²) >= 11 is 0. The molecule has 0 saturated heterocycles. The molecule has 9 rings (SSSR count). The van der Waals surface area contributed by atoms with Gasteiger partial charge in [0.2, 0.25) is 0 Å². The highest BCUT2D eigenvalue weighted by molar-refractivity contribution is 6.22. The summed E-state index contributed by atoms with van der Waals surface area (Å²) in [6.45, 7) is 8.86. The van der Waals surface area contributed by atoms with E-state index in [1.54, 1.807) is 0 Å². The smallest absolute Gasteiger partial charge is 0.0255 e. The molecule has 0 N–H and O–H groups in total. The van der Waals surface area contributed by atoms with Gasteiger partial charge in [0.05, 0.1) is 0 Å². The highest BCUT2D eigenvalue weighted by Crippen LogP contribution is 2.45. The second-order valence-corrected chi connectivity index (χ2v) is 18.2. The number of fused-ring (bicyclic) bond motifs is 3. The van der Waals surface area contributed by atoms with E-state index in [0.29, 0.717) is 0 Å². The van der Waals surface area contributed by atoms with Gasteiger partial charge in [0.1, 0.15) is 0 Å². The Bertz CT molecular complexity index is 3280. The van der Waals surface area contributed by atoms with Gasteiger partial charge in [0.15, 0.2) is 0 Å². The lowest BCUT2D eigenvalue weighted by atomic mass is 9.84. The van der Waals surface area contributed by atoms with E-state index in [-0.39, 0.29) is 0 Å². The molecule has 0 fully saturated rings. The quantitative estimate of drug-likeness (QED) is 0.0948. The second-order valence-electron chi connectivity index (χ2n) is 18.2. The van der Waals surface area contributed by atoms with E-state index >= 15 is 0 Å². The molecular formula is C70H58. The Kier molecular flexibility index (Phi) is 15.2. The summed E-state index contributed by atoms with van der Waals surface area (Å²) in [6.07, 6.45) is 8.83. The van der Waals surface area contributed by atoms with Gasteiger partial charge in [0, 0.05) is 44.5 Å². The summed E-state index contributed by atoms with van der Waals surface area (Å²) in [4.78, 5) is 0. The largest absolute Gasteiger partial charge is 0.0651 e. The van der Waals surface area contributed by atoms with Crippen LogP contribution in [0.4, 0.5) is 0 Å². The van der Waals surface area contributed by atoms with E-state index in [4.69, 9.17) is 0 Å². The molecule has 0 aliphatic carbocycles. The third-order valence-electron chi connectivity index (χ3n) is 12.8. The van der Waals surface area contributed by atoms with Crippen LogP contribution in [0.25, 0.3) is 43.8 Å². The van der Waals surface area contributed by atoms with Gasteiger partial charge in [-0.05, 0) is 189 Å². The van der Waals surface area contributed by atoms with Crippen molar-refractivity contribution in [1.82, 2.24) is 0 Å². The Morgan fingerprint density at radius 2 is 0.443 bits per heavy atom. The van der Waals surface area contributed by atoms with Crippen molar-refractivity contribution in [3.63, 3.8) is 0 Å². The van der Waals surface area contributed by atoms with Gasteiger partial charge < -0.3 is 0 Å². The van der Waals surface area contributed by atoms with Crippen LogP contribution in [0.1, 0.15) is 120 Å². The van der Waals surface area contributed by atoms with E-state index in [2.05, 4.69) is 257 Å². The average molecular weight is 899 g/mol. The van der Waals surface area contributed by atoms with Crippen LogP contribution < -0.4 is 0 Å². The Labute approximate surface area is 416 Å². The highest BCUT2D eigenvalue weighted by Gasteiger charge is 2.19. The van der Waals surface area contributed by atoms with Gasteiger partial charge in [-0.2, -0.15) is 0 Å². The number of hydrogen-bond donors (Lipinski definition) is 0. The molecule has 0 aliphatic heterocycles. The van der Waals surface area contributed by atoms with Crippen LogP contribution in [0.15, 0.2) is 182 Å². The number of aryl methyl sites for hydroxylation is 4. The third kappa shape index (κ3) is 11.5. The summed E-state index contributed by atoms with van der Waals surface area (Å²) in [5.74, 6) is 27.6. The minimum atomic E-state index is 0.963. The molecule has 0 amide bonds. The van der Waals surface area contributed by atoms with Crippen molar-refractivity contribution in [2.45, 2.75) is 79.1 Å². The van der Waals surface area contributed by atoms with Crippen LogP contribution in [-0.2, 0) is 25.7 Å². The topological polar surface area (TPSA) is 0 Å². The number of rotatable bonds is 10. The van der Waals surface area contributed by atoms with E-state index in [0.717, 1.165) is 140 Å². The lowest BCUT2D eigenvalue weighted by Crippen LogP contribution is -1.94. The molecule has 0 saturated carbocycles. The fourth-order valence-electron chi connectivity index (χ4n) is 9.19. The van der Waals surface area contributed by atoms with E-state index in [1.165, 1.54) is 22.3 Å². The summed E-state index contributed by atoms with van der Waals surface area (Å²) in [7, 11) is 0. The van der Waals surface area contributed by atoms with Crippen molar-refractivity contribution < 1.29 is 0 Å². The van der Waals surface area contributed by atoms with E-state index in [9.17, 15) is 0 Å². The molecule has 338 valence electrons. The summed E-state index contributed by atoms with van der Waals surface area (Å²) in [5, 5.41) is 4.56. The first-order valence-corrected chi connectivity index (χ1v) is 25.1. The zero-order chi connectivity index (χ0) is 48.1. The van der Waals surface area contributed by atoms with Gasteiger partial charge in [-0.3, -0.25) is 0 Å². The zero-order valence-corrected chi connectivity index (χ0v) is 41.0. The maximum absolute atomic E-state index is 3.53. The van der Waals surface area contributed by atoms with Crippen LogP contribution in [0.5, 0.6) is 0 Å². The van der Waals surface area contributed by atoms with E-state index in [1.807, 2.05) is 0 Å². The van der Waals surface area contributed by atoms with Crippen molar-refractivity contribution in [1.29, 1.82) is 0 Å². The van der Waals surface area contributed by atoms with Crippen molar-refractivity contribution in [2.24, 2.45) is 0 Å². The number of hydrogen-bond acceptors (Lipinski definition) is 0. The zero-order valence-electron chi connectivity index (χ0n) is 41.0. The minimum absolute atomic E-state index is 0.963. The fourth-order valence-corrected chi connectivity index (χ4v) is 9.19. The van der Waals surface area contributed by atoms with Crippen molar-refractivity contribution in [3.05, 3.63) is 249 Å². The molecule has 0 radical (unpaired) electrons. The average Bonchev–Trinajstić information content (AvgIpc) is 3.40. The molecule has 70 heavy (non-hydrogen) atoms. The molecule has 0 unspecified atom stereocenters. The predicted octanol–water partition coefficient (Wildman–Crippen LogP) is 16.7. The molecule has 0 bridgehead atoms. The molecule has 9 aromatic rings. The first-order chi connectivity index (χ1) is 34.5. The maximum Gasteiger partial charge on any atom is 0.0255 e. The van der Waals surface area contributed by atoms with Gasteiger partial charge in [-0.1, -0.05) is 186 Å². The van der Waals surface area contributed by atoms with Crippen LogP contribution in [0, 0.1) is 47.4 Å².